The van der Waals surface area contributed by atoms with Crippen LogP contribution in [0.4, 0.5) is 4.79 Å². The third kappa shape index (κ3) is 7.04. The number of nitrogens with one attached hydrogen (secondary N) is 3. The molecule has 7 N–H and O–H groups in total. The van der Waals surface area contributed by atoms with Crippen molar-refractivity contribution in [1.82, 2.24) is 16.0 Å². The maximum absolute atomic E-state index is 11.6. The maximum Gasteiger partial charge on any atom is 0.370 e. The Labute approximate surface area is 156 Å². The zero-order valence-electron chi connectivity index (χ0n) is 15.2. The molecule has 0 aliphatic carbocycles. The lowest BCUT2D eigenvalue weighted by Crippen LogP contribution is -2.60. The molecule has 0 fully saturated rings. The summed E-state index contributed by atoms with van der Waals surface area (Å²) in [6.45, 7) is 3.24. The van der Waals surface area contributed by atoms with Gasteiger partial charge in [0.25, 0.3) is 0 Å². The molecule has 0 aromatic rings. The predicted molar refractivity (Wildman–Crippen MR) is 92.5 cm³/mol. The summed E-state index contributed by atoms with van der Waals surface area (Å²) in [7, 11) is 0. The number of rotatable bonds is 9. The third-order valence-electron chi connectivity index (χ3n) is 3.91. The van der Waals surface area contributed by atoms with Crippen LogP contribution in [0.1, 0.15) is 26.7 Å². The summed E-state index contributed by atoms with van der Waals surface area (Å²) >= 11 is 0. The van der Waals surface area contributed by atoms with Gasteiger partial charge in [-0.3, -0.25) is 4.79 Å². The van der Waals surface area contributed by atoms with Gasteiger partial charge in [0.05, 0.1) is 6.04 Å². The Kier molecular flexibility index (Phi) is 8.98. The summed E-state index contributed by atoms with van der Waals surface area (Å²) < 4.78 is 5.15. The molecule has 11 heteroatoms. The molecule has 1 aliphatic rings. The number of aliphatic hydroxyl groups excluding tert-OH is 3. The summed E-state index contributed by atoms with van der Waals surface area (Å²) in [6.07, 6.45) is -3.56. The number of urea groups is 1. The third-order valence-corrected chi connectivity index (χ3v) is 3.91. The Hall–Kier alpha value is -2.37. The number of amides is 3. The van der Waals surface area contributed by atoms with Crippen molar-refractivity contribution in [2.75, 3.05) is 13.1 Å². The topological polar surface area (TPSA) is 177 Å². The molecule has 5 atom stereocenters. The van der Waals surface area contributed by atoms with Crippen LogP contribution in [0.2, 0.25) is 0 Å². The smallest absolute Gasteiger partial charge is 0.370 e. The number of aliphatic hydroxyl groups is 3. The van der Waals surface area contributed by atoms with E-state index in [9.17, 15) is 29.7 Å². The van der Waals surface area contributed by atoms with Crippen molar-refractivity contribution in [2.45, 2.75) is 57.1 Å². The second-order valence-corrected chi connectivity index (χ2v) is 6.18. The fraction of sp³-hybridized carbons (Fsp3) is 0.688. The second kappa shape index (κ2) is 10.7. The lowest BCUT2D eigenvalue weighted by atomic mass is 9.93. The largest absolute Gasteiger partial charge is 0.478 e. The van der Waals surface area contributed by atoms with Crippen molar-refractivity contribution in [2.24, 2.45) is 0 Å². The summed E-state index contributed by atoms with van der Waals surface area (Å²) in [5.74, 6) is -2.64. The number of carbonyl (C=O) groups is 3. The predicted octanol–water partition coefficient (Wildman–Crippen LogP) is -1.96. The van der Waals surface area contributed by atoms with Crippen LogP contribution in [0.5, 0.6) is 0 Å². The van der Waals surface area contributed by atoms with E-state index in [1.54, 1.807) is 0 Å². The monoisotopic (exact) mass is 389 g/mol. The zero-order chi connectivity index (χ0) is 20.6. The molecular formula is C16H27N3O8. The molecule has 0 saturated carbocycles. The highest BCUT2D eigenvalue weighted by molar-refractivity contribution is 5.84. The van der Waals surface area contributed by atoms with Crippen molar-refractivity contribution in [3.63, 3.8) is 0 Å². The lowest BCUT2D eigenvalue weighted by molar-refractivity contribution is -0.147. The fourth-order valence-electron chi connectivity index (χ4n) is 2.50. The molecule has 1 rings (SSSR count). The van der Waals surface area contributed by atoms with Gasteiger partial charge in [-0.15, -0.1) is 0 Å². The van der Waals surface area contributed by atoms with Gasteiger partial charge in [0.1, 0.15) is 18.3 Å². The standard InChI is InChI=1S/C16H27N3O8/c1-3-4-5-17-16(26)18-7-10(22)13(23)14-12(19-8(2)20)9(21)6-11(27-14)15(24)25/h6,9-10,12-14,21-23H,3-5,7H2,1-2H3,(H,19,20)(H,24,25)(H2,17,18,26)/t9-,10+,12+,13+,14+/m0/s1. The molecule has 11 nitrogen and oxygen atoms in total. The Balaban J connectivity index is 2.75. The molecule has 1 heterocycles. The number of carboxylic acid groups (broad SMARTS) is 1. The van der Waals surface area contributed by atoms with E-state index in [1.807, 2.05) is 6.92 Å². The number of aliphatic carboxylic acids is 1. The highest BCUT2D eigenvalue weighted by Gasteiger charge is 2.43. The van der Waals surface area contributed by atoms with Crippen LogP contribution < -0.4 is 16.0 Å². The first kappa shape index (κ1) is 22.7. The zero-order valence-corrected chi connectivity index (χ0v) is 15.2. The van der Waals surface area contributed by atoms with E-state index >= 15 is 0 Å². The van der Waals surface area contributed by atoms with Crippen molar-refractivity contribution < 1.29 is 39.5 Å². The van der Waals surface area contributed by atoms with Gasteiger partial charge in [-0.05, 0) is 12.5 Å². The number of carboxylic acids is 1. The molecular weight excluding hydrogens is 362 g/mol. The summed E-state index contributed by atoms with van der Waals surface area (Å²) in [4.78, 5) is 34.0. The van der Waals surface area contributed by atoms with Gasteiger partial charge in [0.2, 0.25) is 11.7 Å². The van der Waals surface area contributed by atoms with E-state index in [0.29, 0.717) is 6.54 Å². The van der Waals surface area contributed by atoms with Crippen molar-refractivity contribution in [1.29, 1.82) is 0 Å². The minimum atomic E-state index is -1.70. The van der Waals surface area contributed by atoms with E-state index in [1.165, 1.54) is 6.92 Å². The first-order valence-corrected chi connectivity index (χ1v) is 8.62. The molecule has 3 amide bonds. The van der Waals surface area contributed by atoms with Gasteiger partial charge < -0.3 is 41.1 Å². The van der Waals surface area contributed by atoms with Crippen molar-refractivity contribution in [3.8, 4) is 0 Å². The number of unbranched alkanes of at least 4 members (excludes halogenated alkanes) is 1. The molecule has 0 radical (unpaired) electrons. The van der Waals surface area contributed by atoms with Gasteiger partial charge in [0, 0.05) is 20.0 Å². The van der Waals surface area contributed by atoms with E-state index in [4.69, 9.17) is 9.84 Å². The molecule has 0 aromatic carbocycles. The number of hydrogen-bond acceptors (Lipinski definition) is 7. The van der Waals surface area contributed by atoms with Crippen LogP contribution in [0.3, 0.4) is 0 Å². The SMILES string of the molecule is CCCCNC(=O)NC[C@@H](O)[C@@H](O)[C@@H]1OC(C(=O)O)=C[C@H](O)[C@H]1NC(C)=O. The average Bonchev–Trinajstić information content (AvgIpc) is 2.60. The maximum atomic E-state index is 11.6. The molecule has 154 valence electrons. The van der Waals surface area contributed by atoms with E-state index < -0.39 is 54.1 Å². The number of hydrogen-bond donors (Lipinski definition) is 7. The molecule has 0 unspecified atom stereocenters. The quantitative estimate of drug-likeness (QED) is 0.222. The van der Waals surface area contributed by atoms with Gasteiger partial charge >= 0.3 is 12.0 Å². The molecule has 0 saturated heterocycles. The minimum absolute atomic E-state index is 0.353. The Morgan fingerprint density at radius 3 is 2.48 bits per heavy atom. The van der Waals surface area contributed by atoms with Crippen LogP contribution in [-0.4, -0.2) is 81.9 Å². The fourth-order valence-corrected chi connectivity index (χ4v) is 2.50. The summed E-state index contributed by atoms with van der Waals surface area (Å²) in [5.41, 5.74) is 0. The number of ether oxygens (including phenoxy) is 1. The first-order valence-electron chi connectivity index (χ1n) is 8.62. The Morgan fingerprint density at radius 1 is 1.26 bits per heavy atom. The highest BCUT2D eigenvalue weighted by atomic mass is 16.5. The molecule has 0 bridgehead atoms. The lowest BCUT2D eigenvalue weighted by Gasteiger charge is -2.38. The van der Waals surface area contributed by atoms with Gasteiger partial charge in [-0.25, -0.2) is 9.59 Å². The van der Waals surface area contributed by atoms with Crippen LogP contribution in [0.15, 0.2) is 11.8 Å². The molecule has 1 aliphatic heterocycles. The highest BCUT2D eigenvalue weighted by Crippen LogP contribution is 2.22. The summed E-state index contributed by atoms with van der Waals surface area (Å²) in [6, 6.07) is -1.72. The molecule has 0 spiro atoms. The van der Waals surface area contributed by atoms with Crippen LogP contribution in [0, 0.1) is 0 Å². The second-order valence-electron chi connectivity index (χ2n) is 6.18. The number of carbonyl (C=O) groups excluding carboxylic acids is 2. The van der Waals surface area contributed by atoms with Gasteiger partial charge in [-0.1, -0.05) is 13.3 Å². The van der Waals surface area contributed by atoms with Crippen molar-refractivity contribution in [3.05, 3.63) is 11.8 Å². The van der Waals surface area contributed by atoms with Gasteiger partial charge in [0.15, 0.2) is 6.10 Å². The van der Waals surface area contributed by atoms with Crippen molar-refractivity contribution >= 4 is 17.9 Å². The Morgan fingerprint density at radius 2 is 1.93 bits per heavy atom. The van der Waals surface area contributed by atoms with Crippen LogP contribution in [0.25, 0.3) is 0 Å². The summed E-state index contributed by atoms with van der Waals surface area (Å²) in [5, 5.41) is 46.9. The normalized spacial score (nSPS) is 24.0. The van der Waals surface area contributed by atoms with Crippen LogP contribution in [-0.2, 0) is 14.3 Å². The average molecular weight is 389 g/mol. The van der Waals surface area contributed by atoms with Gasteiger partial charge in [-0.2, -0.15) is 0 Å². The molecule has 0 aromatic heterocycles. The van der Waals surface area contributed by atoms with E-state index in [2.05, 4.69) is 16.0 Å². The minimum Gasteiger partial charge on any atom is -0.478 e. The molecule has 27 heavy (non-hydrogen) atoms. The van der Waals surface area contributed by atoms with E-state index in [0.717, 1.165) is 18.9 Å². The first-order chi connectivity index (χ1) is 12.7. The van der Waals surface area contributed by atoms with Crippen LogP contribution >= 0.6 is 0 Å². The van der Waals surface area contributed by atoms with E-state index in [-0.39, 0.29) is 6.54 Å². The Bertz CT molecular complexity index is 568.